The van der Waals surface area contributed by atoms with Gasteiger partial charge < -0.3 is 4.74 Å². The van der Waals surface area contributed by atoms with Crippen LogP contribution in [0.15, 0.2) is 35.5 Å². The summed E-state index contributed by atoms with van der Waals surface area (Å²) >= 11 is 0. The van der Waals surface area contributed by atoms with Crippen molar-refractivity contribution in [1.82, 2.24) is 14.8 Å². The maximum atomic E-state index is 12.4. The van der Waals surface area contributed by atoms with Crippen LogP contribution in [0.25, 0.3) is 0 Å². The minimum absolute atomic E-state index is 0.0148. The molecule has 0 radical (unpaired) electrons. The molecule has 0 spiro atoms. The number of aromatic nitrogens is 2. The molecule has 11 heteroatoms. The molecule has 28 heavy (non-hydrogen) atoms. The van der Waals surface area contributed by atoms with E-state index in [1.165, 1.54) is 12.1 Å². The number of rotatable bonds is 7. The zero-order chi connectivity index (χ0) is 20.1. The van der Waals surface area contributed by atoms with Gasteiger partial charge in [0.1, 0.15) is 12.4 Å². The third-order valence-corrected chi connectivity index (χ3v) is 5.70. The minimum atomic E-state index is -3.94. The maximum absolute atomic E-state index is 12.4. The van der Waals surface area contributed by atoms with Crippen molar-refractivity contribution in [3.63, 3.8) is 0 Å². The number of ether oxygens (including phenoxy) is 1. The van der Waals surface area contributed by atoms with Gasteiger partial charge in [-0.1, -0.05) is 24.1 Å². The number of aryl methyl sites for hydroxylation is 1. The molecule has 2 N–H and O–H groups in total. The lowest BCUT2D eigenvalue weighted by molar-refractivity contribution is -0.385. The summed E-state index contributed by atoms with van der Waals surface area (Å²) in [6.45, 7) is 1.83. The summed E-state index contributed by atoms with van der Waals surface area (Å²) in [5, 5.41) is 11.5. The Morgan fingerprint density at radius 3 is 2.46 bits per heavy atom. The van der Waals surface area contributed by atoms with Crippen LogP contribution in [0.3, 0.4) is 0 Å². The molecule has 1 aromatic heterocycles. The summed E-state index contributed by atoms with van der Waals surface area (Å²) < 4.78 is 30.5. The predicted molar refractivity (Wildman–Crippen MR) is 101 cm³/mol. The summed E-state index contributed by atoms with van der Waals surface area (Å²) in [5.41, 5.74) is 2.71. The van der Waals surface area contributed by atoms with E-state index in [0.29, 0.717) is 0 Å². The molecule has 2 aromatic rings. The topological polar surface area (TPSA) is 136 Å². The van der Waals surface area contributed by atoms with Gasteiger partial charge >= 0.3 is 5.69 Å². The number of anilines is 1. The lowest BCUT2D eigenvalue weighted by Crippen LogP contribution is -2.30. The van der Waals surface area contributed by atoms with Crippen LogP contribution in [0.2, 0.25) is 0 Å². The zero-order valence-corrected chi connectivity index (χ0v) is 16.1. The van der Waals surface area contributed by atoms with Crippen molar-refractivity contribution in [3.05, 3.63) is 46.3 Å². The molecule has 10 nitrogen and oxygen atoms in total. The van der Waals surface area contributed by atoms with E-state index in [1.54, 1.807) is 12.1 Å². The molecular weight excluding hydrogens is 386 g/mol. The lowest BCUT2D eigenvalue weighted by Gasteiger charge is -2.22. The van der Waals surface area contributed by atoms with Gasteiger partial charge in [-0.05, 0) is 44.7 Å². The zero-order valence-electron chi connectivity index (χ0n) is 15.3. The van der Waals surface area contributed by atoms with Gasteiger partial charge in [0.25, 0.3) is 15.9 Å². The predicted octanol–water partition coefficient (Wildman–Crippen LogP) is 2.71. The van der Waals surface area contributed by atoms with Crippen molar-refractivity contribution in [2.24, 2.45) is 0 Å². The third-order valence-electron chi connectivity index (χ3n) is 4.44. The maximum Gasteiger partial charge on any atom is 0.374 e. The van der Waals surface area contributed by atoms with E-state index in [1.807, 2.05) is 6.92 Å². The van der Waals surface area contributed by atoms with Crippen LogP contribution in [0.1, 0.15) is 37.7 Å². The van der Waals surface area contributed by atoms with Crippen LogP contribution >= 0.6 is 0 Å². The van der Waals surface area contributed by atoms with Crippen LogP contribution in [0, 0.1) is 17.0 Å². The number of nitrogens with one attached hydrogen (secondary N) is 2. The highest BCUT2D eigenvalue weighted by Crippen LogP contribution is 2.33. The van der Waals surface area contributed by atoms with Crippen LogP contribution < -0.4 is 15.0 Å². The Kier molecular flexibility index (Phi) is 6.05. The van der Waals surface area contributed by atoms with E-state index < -0.39 is 20.6 Å². The molecule has 0 unspecified atom stereocenters. The average molecular weight is 407 g/mol. The molecule has 1 saturated carbocycles. The third kappa shape index (κ3) is 4.73. The number of hydrazine groups is 1. The molecule has 0 bridgehead atoms. The quantitative estimate of drug-likeness (QED) is 0.528. The van der Waals surface area contributed by atoms with Gasteiger partial charge in [0, 0.05) is 0 Å². The summed E-state index contributed by atoms with van der Waals surface area (Å²) in [6, 6.07) is 6.17. The van der Waals surface area contributed by atoms with Gasteiger partial charge in [-0.3, -0.25) is 15.5 Å². The van der Waals surface area contributed by atoms with Crippen molar-refractivity contribution in [1.29, 1.82) is 0 Å². The molecule has 0 amide bonds. The van der Waals surface area contributed by atoms with E-state index in [0.717, 1.165) is 44.0 Å². The summed E-state index contributed by atoms with van der Waals surface area (Å²) in [5.74, 6) is -0.467. The molecule has 150 valence electrons. The Morgan fingerprint density at radius 2 is 1.82 bits per heavy atom. The molecule has 1 heterocycles. The highest BCUT2D eigenvalue weighted by Gasteiger charge is 2.28. The first-order chi connectivity index (χ1) is 13.4. The fourth-order valence-corrected chi connectivity index (χ4v) is 3.78. The average Bonchev–Trinajstić information content (AvgIpc) is 2.67. The first-order valence-corrected chi connectivity index (χ1v) is 10.4. The van der Waals surface area contributed by atoms with E-state index in [-0.39, 0.29) is 22.7 Å². The second-order valence-electron chi connectivity index (χ2n) is 6.55. The highest BCUT2D eigenvalue weighted by atomic mass is 32.2. The molecule has 1 fully saturated rings. The van der Waals surface area contributed by atoms with E-state index >= 15 is 0 Å². The Bertz CT molecular complexity index is 943. The number of benzene rings is 1. The Labute approximate surface area is 162 Å². The van der Waals surface area contributed by atoms with Crippen molar-refractivity contribution >= 4 is 21.5 Å². The van der Waals surface area contributed by atoms with Gasteiger partial charge in [0.05, 0.1) is 9.82 Å². The number of nitro groups is 1. The minimum Gasteiger partial charge on any atom is -0.469 e. The van der Waals surface area contributed by atoms with Gasteiger partial charge in [0.15, 0.2) is 0 Å². The molecule has 0 aliphatic heterocycles. The molecule has 3 rings (SSSR count). The highest BCUT2D eigenvalue weighted by molar-refractivity contribution is 7.89. The first kappa shape index (κ1) is 20.0. The van der Waals surface area contributed by atoms with Crippen molar-refractivity contribution in [2.45, 2.75) is 50.0 Å². The summed E-state index contributed by atoms with van der Waals surface area (Å²) in [4.78, 5) is 20.6. The fraction of sp³-hybridized carbons (Fsp3) is 0.412. The Morgan fingerprint density at radius 1 is 1.14 bits per heavy atom. The summed E-state index contributed by atoms with van der Waals surface area (Å²) in [6.07, 6.45) is 5.62. The number of hydrogen-bond donors (Lipinski definition) is 2. The molecule has 0 saturated heterocycles. The van der Waals surface area contributed by atoms with Gasteiger partial charge in [-0.15, -0.1) is 4.83 Å². The SMILES string of the molecule is Cc1ccc(S(=O)(=O)NNc2ncnc(OC3CCCCC3)c2[N+](=O)[O-])cc1. The lowest BCUT2D eigenvalue weighted by atomic mass is 9.98. The van der Waals surface area contributed by atoms with E-state index in [9.17, 15) is 18.5 Å². The van der Waals surface area contributed by atoms with Crippen LogP contribution in [-0.2, 0) is 10.0 Å². The second-order valence-corrected chi connectivity index (χ2v) is 8.24. The van der Waals surface area contributed by atoms with Crippen LogP contribution in [-0.4, -0.2) is 29.4 Å². The monoisotopic (exact) mass is 407 g/mol. The largest absolute Gasteiger partial charge is 0.469 e. The van der Waals surface area contributed by atoms with Crippen molar-refractivity contribution in [3.8, 4) is 5.88 Å². The van der Waals surface area contributed by atoms with E-state index in [4.69, 9.17) is 4.74 Å². The molecule has 0 atom stereocenters. The number of nitrogens with zero attached hydrogens (tertiary/aromatic N) is 3. The Balaban J connectivity index is 1.80. The first-order valence-electron chi connectivity index (χ1n) is 8.87. The number of sulfonamides is 1. The second kappa shape index (κ2) is 8.48. The van der Waals surface area contributed by atoms with Crippen molar-refractivity contribution < 1.29 is 18.1 Å². The van der Waals surface area contributed by atoms with Crippen LogP contribution in [0.5, 0.6) is 5.88 Å². The summed E-state index contributed by atoms with van der Waals surface area (Å²) in [7, 11) is -3.94. The van der Waals surface area contributed by atoms with Gasteiger partial charge in [0.2, 0.25) is 5.82 Å². The number of hydrogen-bond acceptors (Lipinski definition) is 8. The fourth-order valence-electron chi connectivity index (χ4n) is 2.94. The van der Waals surface area contributed by atoms with Gasteiger partial charge in [-0.2, -0.15) is 4.98 Å². The molecule has 1 aliphatic carbocycles. The molecule has 1 aromatic carbocycles. The van der Waals surface area contributed by atoms with Crippen molar-refractivity contribution in [2.75, 3.05) is 5.43 Å². The Hall–Kier alpha value is -2.79. The standard InChI is InChI=1S/C17H21N5O5S/c1-12-7-9-14(10-8-12)28(25,26)21-20-16-15(22(23)24)17(19-11-18-16)27-13-5-3-2-4-6-13/h7-11,13,21H,2-6H2,1H3,(H,18,19,20). The molecule has 1 aliphatic rings. The molecular formula is C17H21N5O5S. The smallest absolute Gasteiger partial charge is 0.374 e. The van der Waals surface area contributed by atoms with Gasteiger partial charge in [-0.25, -0.2) is 13.4 Å². The van der Waals surface area contributed by atoms with E-state index in [2.05, 4.69) is 20.2 Å². The van der Waals surface area contributed by atoms with Crippen LogP contribution in [0.4, 0.5) is 11.5 Å². The normalized spacial score (nSPS) is 15.2.